The molecule has 5 heteroatoms. The molecule has 1 aromatic heterocycles. The normalized spacial score (nSPS) is 15.4. The summed E-state index contributed by atoms with van der Waals surface area (Å²) in [4.78, 5) is 11.6. The zero-order valence-electron chi connectivity index (χ0n) is 13.3. The number of nitrogens with zero attached hydrogens (tertiary/aromatic N) is 3. The number of ether oxygens (including phenoxy) is 1. The lowest BCUT2D eigenvalue weighted by atomic mass is 10.2. The standard InChI is InChI=1S/C16H28N4O/c1-3-11-21-15-12-13(2)18-16(19-15)20(10-6-9-17)14-7-4-5-8-14/h12,14H,3-11,17H2,1-2H3. The van der Waals surface area contributed by atoms with Crippen LogP contribution in [0.3, 0.4) is 0 Å². The Hall–Kier alpha value is -1.36. The maximum atomic E-state index is 5.69. The van der Waals surface area contributed by atoms with Gasteiger partial charge < -0.3 is 15.4 Å². The Kier molecular flexibility index (Phi) is 6.23. The molecule has 2 N–H and O–H groups in total. The molecule has 1 aliphatic rings. The largest absolute Gasteiger partial charge is 0.478 e. The Bertz CT molecular complexity index is 432. The van der Waals surface area contributed by atoms with Crippen LogP contribution in [0.5, 0.6) is 5.88 Å². The third kappa shape index (κ3) is 4.56. The number of nitrogens with two attached hydrogens (primary N) is 1. The fourth-order valence-electron chi connectivity index (χ4n) is 2.86. The van der Waals surface area contributed by atoms with E-state index in [1.54, 1.807) is 0 Å². The van der Waals surface area contributed by atoms with Crippen molar-refractivity contribution in [1.82, 2.24) is 9.97 Å². The van der Waals surface area contributed by atoms with Crippen LogP contribution in [0.15, 0.2) is 6.07 Å². The molecule has 0 bridgehead atoms. The molecule has 1 fully saturated rings. The monoisotopic (exact) mass is 292 g/mol. The van der Waals surface area contributed by atoms with Crippen molar-refractivity contribution < 1.29 is 4.74 Å². The van der Waals surface area contributed by atoms with E-state index in [1.165, 1.54) is 25.7 Å². The summed E-state index contributed by atoms with van der Waals surface area (Å²) < 4.78 is 5.69. The molecule has 0 aromatic carbocycles. The summed E-state index contributed by atoms with van der Waals surface area (Å²) in [6, 6.07) is 2.46. The van der Waals surface area contributed by atoms with Crippen molar-refractivity contribution in [3.05, 3.63) is 11.8 Å². The summed E-state index contributed by atoms with van der Waals surface area (Å²) in [5, 5.41) is 0. The van der Waals surface area contributed by atoms with Crippen LogP contribution in [0.25, 0.3) is 0 Å². The minimum atomic E-state index is 0.553. The molecular formula is C16H28N4O. The maximum Gasteiger partial charge on any atom is 0.229 e. The first-order valence-corrected chi connectivity index (χ1v) is 8.19. The van der Waals surface area contributed by atoms with Crippen molar-refractivity contribution in [2.45, 2.75) is 58.4 Å². The molecule has 0 amide bonds. The van der Waals surface area contributed by atoms with E-state index < -0.39 is 0 Å². The third-order valence-electron chi connectivity index (χ3n) is 3.90. The lowest BCUT2D eigenvalue weighted by molar-refractivity contribution is 0.304. The van der Waals surface area contributed by atoms with Gasteiger partial charge in [0.05, 0.1) is 6.61 Å². The van der Waals surface area contributed by atoms with Gasteiger partial charge in [0.25, 0.3) is 0 Å². The van der Waals surface area contributed by atoms with E-state index in [0.29, 0.717) is 25.1 Å². The molecule has 1 aliphatic carbocycles. The SMILES string of the molecule is CCCOc1cc(C)nc(N(CCCN)C2CCCC2)n1. The van der Waals surface area contributed by atoms with Crippen molar-refractivity contribution in [2.24, 2.45) is 5.73 Å². The summed E-state index contributed by atoms with van der Waals surface area (Å²) in [6.45, 7) is 6.43. The van der Waals surface area contributed by atoms with Gasteiger partial charge in [-0.25, -0.2) is 4.98 Å². The van der Waals surface area contributed by atoms with Gasteiger partial charge in [0.2, 0.25) is 11.8 Å². The van der Waals surface area contributed by atoms with Crippen LogP contribution in [-0.2, 0) is 0 Å². The molecule has 0 spiro atoms. The van der Waals surface area contributed by atoms with Crippen LogP contribution in [0, 0.1) is 6.92 Å². The van der Waals surface area contributed by atoms with E-state index in [2.05, 4.69) is 21.8 Å². The van der Waals surface area contributed by atoms with Gasteiger partial charge in [-0.1, -0.05) is 19.8 Å². The summed E-state index contributed by atoms with van der Waals surface area (Å²) in [7, 11) is 0. The molecule has 1 saturated carbocycles. The first kappa shape index (κ1) is 16.0. The Morgan fingerprint density at radius 1 is 1.33 bits per heavy atom. The quantitative estimate of drug-likeness (QED) is 0.798. The summed E-state index contributed by atoms with van der Waals surface area (Å²) >= 11 is 0. The van der Waals surface area contributed by atoms with Gasteiger partial charge in [0.1, 0.15) is 0 Å². The first-order chi connectivity index (χ1) is 10.2. The fraction of sp³-hybridized carbons (Fsp3) is 0.750. The number of aromatic nitrogens is 2. The predicted molar refractivity (Wildman–Crippen MR) is 85.8 cm³/mol. The Morgan fingerprint density at radius 2 is 2.10 bits per heavy atom. The van der Waals surface area contributed by atoms with E-state index in [4.69, 9.17) is 10.5 Å². The van der Waals surface area contributed by atoms with Crippen LogP contribution < -0.4 is 15.4 Å². The van der Waals surface area contributed by atoms with Crippen molar-refractivity contribution in [2.75, 3.05) is 24.6 Å². The van der Waals surface area contributed by atoms with Gasteiger partial charge in [-0.3, -0.25) is 0 Å². The van der Waals surface area contributed by atoms with Crippen LogP contribution in [-0.4, -0.2) is 35.7 Å². The smallest absolute Gasteiger partial charge is 0.229 e. The number of hydrogen-bond donors (Lipinski definition) is 1. The van der Waals surface area contributed by atoms with Crippen LogP contribution in [0.2, 0.25) is 0 Å². The Morgan fingerprint density at radius 3 is 2.76 bits per heavy atom. The van der Waals surface area contributed by atoms with Crippen molar-refractivity contribution >= 4 is 5.95 Å². The number of hydrogen-bond acceptors (Lipinski definition) is 5. The minimum absolute atomic E-state index is 0.553. The van der Waals surface area contributed by atoms with Gasteiger partial charge in [0.15, 0.2) is 0 Å². The molecule has 0 aliphatic heterocycles. The number of anilines is 1. The van der Waals surface area contributed by atoms with Crippen LogP contribution in [0.1, 0.15) is 51.1 Å². The van der Waals surface area contributed by atoms with Crippen LogP contribution >= 0.6 is 0 Å². The van der Waals surface area contributed by atoms with E-state index in [9.17, 15) is 0 Å². The van der Waals surface area contributed by atoms with Crippen molar-refractivity contribution in [3.8, 4) is 5.88 Å². The van der Waals surface area contributed by atoms with E-state index in [1.807, 2.05) is 13.0 Å². The van der Waals surface area contributed by atoms with Crippen molar-refractivity contribution in [3.63, 3.8) is 0 Å². The zero-order chi connectivity index (χ0) is 15.1. The summed E-state index contributed by atoms with van der Waals surface area (Å²) in [5.41, 5.74) is 6.65. The molecular weight excluding hydrogens is 264 g/mol. The third-order valence-corrected chi connectivity index (χ3v) is 3.90. The summed E-state index contributed by atoms with van der Waals surface area (Å²) in [6.07, 6.45) is 7.01. The highest BCUT2D eigenvalue weighted by atomic mass is 16.5. The molecule has 21 heavy (non-hydrogen) atoms. The van der Waals surface area contributed by atoms with Gasteiger partial charge in [-0.2, -0.15) is 4.98 Å². The lowest BCUT2D eigenvalue weighted by Crippen LogP contribution is -2.36. The Balaban J connectivity index is 2.18. The average Bonchev–Trinajstić information content (AvgIpc) is 2.99. The number of aryl methyl sites for hydroxylation is 1. The van der Waals surface area contributed by atoms with Gasteiger partial charge in [-0.15, -0.1) is 0 Å². The second kappa shape index (κ2) is 8.17. The fourth-order valence-corrected chi connectivity index (χ4v) is 2.86. The van der Waals surface area contributed by atoms with Gasteiger partial charge >= 0.3 is 0 Å². The molecule has 118 valence electrons. The van der Waals surface area contributed by atoms with Crippen LogP contribution in [0.4, 0.5) is 5.95 Å². The van der Waals surface area contributed by atoms with E-state index in [0.717, 1.165) is 31.0 Å². The molecule has 1 heterocycles. The van der Waals surface area contributed by atoms with Crippen molar-refractivity contribution in [1.29, 1.82) is 0 Å². The maximum absolute atomic E-state index is 5.69. The minimum Gasteiger partial charge on any atom is -0.478 e. The molecule has 1 aromatic rings. The highest BCUT2D eigenvalue weighted by molar-refractivity contribution is 5.36. The predicted octanol–water partition coefficient (Wildman–Crippen LogP) is 2.67. The second-order valence-corrected chi connectivity index (χ2v) is 5.77. The van der Waals surface area contributed by atoms with Gasteiger partial charge in [-0.05, 0) is 39.2 Å². The Labute approximate surface area is 127 Å². The van der Waals surface area contributed by atoms with E-state index >= 15 is 0 Å². The zero-order valence-corrected chi connectivity index (χ0v) is 13.3. The molecule has 5 nitrogen and oxygen atoms in total. The average molecular weight is 292 g/mol. The highest BCUT2D eigenvalue weighted by Crippen LogP contribution is 2.27. The molecule has 0 unspecified atom stereocenters. The second-order valence-electron chi connectivity index (χ2n) is 5.77. The van der Waals surface area contributed by atoms with E-state index in [-0.39, 0.29) is 0 Å². The van der Waals surface area contributed by atoms with Gasteiger partial charge in [0, 0.05) is 24.3 Å². The molecule has 0 radical (unpaired) electrons. The first-order valence-electron chi connectivity index (χ1n) is 8.19. The molecule has 0 atom stereocenters. The highest BCUT2D eigenvalue weighted by Gasteiger charge is 2.24. The molecule has 2 rings (SSSR count). The summed E-state index contributed by atoms with van der Waals surface area (Å²) in [5.74, 6) is 1.50. The lowest BCUT2D eigenvalue weighted by Gasteiger charge is -2.29. The number of rotatable bonds is 8. The topological polar surface area (TPSA) is 64.3 Å². The molecule has 0 saturated heterocycles.